The molecule has 0 aliphatic carbocycles. The Hall–Kier alpha value is -1.12. The van der Waals surface area contributed by atoms with Gasteiger partial charge in [0.25, 0.3) is 0 Å². The van der Waals surface area contributed by atoms with E-state index in [1.807, 2.05) is 43.3 Å². The van der Waals surface area contributed by atoms with Crippen molar-refractivity contribution in [1.82, 2.24) is 0 Å². The van der Waals surface area contributed by atoms with Crippen LogP contribution in [0.5, 0.6) is 0 Å². The number of hydrogen-bond acceptors (Lipinski definition) is 1. The van der Waals surface area contributed by atoms with Crippen LogP contribution >= 0.6 is 15.9 Å². The first-order valence-electron chi connectivity index (χ1n) is 6.62. The molecule has 0 amide bonds. The van der Waals surface area contributed by atoms with Gasteiger partial charge in [0.1, 0.15) is 5.60 Å². The SMILES string of the molecule is CCCc1ccc(C(C)(O)c2ccccc2Br)cc1. The molecule has 0 radical (unpaired) electrons. The van der Waals surface area contributed by atoms with Crippen LogP contribution in [-0.2, 0) is 12.0 Å². The summed E-state index contributed by atoms with van der Waals surface area (Å²) >= 11 is 3.51. The average molecular weight is 319 g/mol. The maximum absolute atomic E-state index is 10.8. The predicted octanol–water partition coefficient (Wildman–Crippen LogP) is 4.66. The van der Waals surface area contributed by atoms with Gasteiger partial charge in [-0.15, -0.1) is 0 Å². The molecule has 1 unspecified atom stereocenters. The van der Waals surface area contributed by atoms with Gasteiger partial charge in [0.05, 0.1) is 0 Å². The standard InChI is InChI=1S/C17H19BrO/c1-3-6-13-9-11-14(12-10-13)17(2,19)15-7-4-5-8-16(15)18/h4-5,7-12,19H,3,6H2,1-2H3. The maximum atomic E-state index is 10.8. The summed E-state index contributed by atoms with van der Waals surface area (Å²) in [4.78, 5) is 0. The van der Waals surface area contributed by atoms with Crippen LogP contribution in [0.25, 0.3) is 0 Å². The Morgan fingerprint density at radius 1 is 1.05 bits per heavy atom. The van der Waals surface area contributed by atoms with Gasteiger partial charge >= 0.3 is 0 Å². The van der Waals surface area contributed by atoms with Gasteiger partial charge in [0.15, 0.2) is 0 Å². The summed E-state index contributed by atoms with van der Waals surface area (Å²) in [6.45, 7) is 4.01. The van der Waals surface area contributed by atoms with Gasteiger partial charge in [-0.25, -0.2) is 0 Å². The van der Waals surface area contributed by atoms with E-state index in [0.29, 0.717) is 0 Å². The van der Waals surface area contributed by atoms with Crippen LogP contribution < -0.4 is 0 Å². The van der Waals surface area contributed by atoms with Gasteiger partial charge in [-0.3, -0.25) is 0 Å². The molecule has 0 aliphatic heterocycles. The minimum absolute atomic E-state index is 0.887. The molecule has 0 aliphatic rings. The lowest BCUT2D eigenvalue weighted by atomic mass is 9.87. The summed E-state index contributed by atoms with van der Waals surface area (Å²) in [5.41, 5.74) is 2.14. The lowest BCUT2D eigenvalue weighted by molar-refractivity contribution is 0.101. The van der Waals surface area contributed by atoms with Crippen LogP contribution in [0.3, 0.4) is 0 Å². The fraction of sp³-hybridized carbons (Fsp3) is 0.294. The first-order valence-corrected chi connectivity index (χ1v) is 7.41. The number of aliphatic hydroxyl groups is 1. The molecule has 0 aromatic heterocycles. The van der Waals surface area contributed by atoms with Crippen LogP contribution in [-0.4, -0.2) is 5.11 Å². The second-order valence-electron chi connectivity index (χ2n) is 5.00. The third-order valence-corrected chi connectivity index (χ3v) is 4.14. The molecule has 2 heteroatoms. The largest absolute Gasteiger partial charge is 0.381 e. The molecular weight excluding hydrogens is 300 g/mol. The molecule has 19 heavy (non-hydrogen) atoms. The molecule has 0 saturated heterocycles. The van der Waals surface area contributed by atoms with Gasteiger partial charge < -0.3 is 5.11 Å². The Labute approximate surface area is 123 Å². The van der Waals surface area contributed by atoms with Crippen molar-refractivity contribution >= 4 is 15.9 Å². The molecule has 100 valence electrons. The molecular formula is C17H19BrO. The van der Waals surface area contributed by atoms with Gasteiger partial charge in [0, 0.05) is 10.0 Å². The van der Waals surface area contributed by atoms with Crippen LogP contribution in [0, 0.1) is 0 Å². The van der Waals surface area contributed by atoms with E-state index in [9.17, 15) is 5.11 Å². The van der Waals surface area contributed by atoms with Crippen LogP contribution in [0.15, 0.2) is 53.0 Å². The van der Waals surface area contributed by atoms with E-state index < -0.39 is 5.60 Å². The van der Waals surface area contributed by atoms with E-state index in [2.05, 4.69) is 35.0 Å². The molecule has 0 heterocycles. The van der Waals surface area contributed by atoms with E-state index in [4.69, 9.17) is 0 Å². The lowest BCUT2D eigenvalue weighted by Crippen LogP contribution is -2.23. The van der Waals surface area contributed by atoms with Crippen molar-refractivity contribution < 1.29 is 5.11 Å². The van der Waals surface area contributed by atoms with Crippen molar-refractivity contribution in [2.24, 2.45) is 0 Å². The maximum Gasteiger partial charge on any atom is 0.113 e. The number of rotatable bonds is 4. The van der Waals surface area contributed by atoms with Crippen molar-refractivity contribution in [3.05, 3.63) is 69.7 Å². The highest BCUT2D eigenvalue weighted by atomic mass is 79.9. The van der Waals surface area contributed by atoms with Crippen LogP contribution in [0.4, 0.5) is 0 Å². The quantitative estimate of drug-likeness (QED) is 0.869. The highest BCUT2D eigenvalue weighted by Gasteiger charge is 2.27. The monoisotopic (exact) mass is 318 g/mol. The van der Waals surface area contributed by atoms with Gasteiger partial charge in [-0.1, -0.05) is 71.7 Å². The van der Waals surface area contributed by atoms with Crippen molar-refractivity contribution in [3.8, 4) is 0 Å². The molecule has 1 nitrogen and oxygen atoms in total. The molecule has 2 aromatic carbocycles. The first-order chi connectivity index (χ1) is 9.05. The second kappa shape index (κ2) is 5.89. The molecule has 2 aromatic rings. The van der Waals surface area contributed by atoms with E-state index in [1.165, 1.54) is 5.56 Å². The molecule has 1 N–H and O–H groups in total. The highest BCUT2D eigenvalue weighted by Crippen LogP contribution is 2.34. The molecule has 2 rings (SSSR count). The van der Waals surface area contributed by atoms with E-state index in [1.54, 1.807) is 0 Å². The Kier molecular flexibility index (Phi) is 4.43. The molecule has 0 fully saturated rings. The Morgan fingerprint density at radius 2 is 1.68 bits per heavy atom. The van der Waals surface area contributed by atoms with Crippen LogP contribution in [0.2, 0.25) is 0 Å². The topological polar surface area (TPSA) is 20.2 Å². The summed E-state index contributed by atoms with van der Waals surface area (Å²) in [6.07, 6.45) is 2.22. The fourth-order valence-electron chi connectivity index (χ4n) is 2.30. The Morgan fingerprint density at radius 3 is 2.26 bits per heavy atom. The lowest BCUT2D eigenvalue weighted by Gasteiger charge is -2.26. The number of hydrogen-bond donors (Lipinski definition) is 1. The van der Waals surface area contributed by atoms with Gasteiger partial charge in [0.2, 0.25) is 0 Å². The Balaban J connectivity index is 2.36. The number of halogens is 1. The van der Waals surface area contributed by atoms with E-state index in [0.717, 1.165) is 28.4 Å². The zero-order valence-electron chi connectivity index (χ0n) is 11.4. The Bertz CT molecular complexity index is 543. The van der Waals surface area contributed by atoms with E-state index >= 15 is 0 Å². The third kappa shape index (κ3) is 3.07. The zero-order valence-corrected chi connectivity index (χ0v) is 12.9. The van der Waals surface area contributed by atoms with Gasteiger partial charge in [-0.05, 0) is 30.5 Å². The number of benzene rings is 2. The van der Waals surface area contributed by atoms with Crippen molar-refractivity contribution in [1.29, 1.82) is 0 Å². The number of aryl methyl sites for hydroxylation is 1. The smallest absolute Gasteiger partial charge is 0.113 e. The average Bonchev–Trinajstić information content (AvgIpc) is 2.40. The van der Waals surface area contributed by atoms with Crippen molar-refractivity contribution in [2.75, 3.05) is 0 Å². The van der Waals surface area contributed by atoms with E-state index in [-0.39, 0.29) is 0 Å². The minimum Gasteiger partial charge on any atom is -0.381 e. The molecule has 0 spiro atoms. The fourth-order valence-corrected chi connectivity index (χ4v) is 2.97. The normalized spacial score (nSPS) is 14.1. The zero-order chi connectivity index (χ0) is 13.9. The van der Waals surface area contributed by atoms with Gasteiger partial charge in [-0.2, -0.15) is 0 Å². The molecule has 1 atom stereocenters. The summed E-state index contributed by atoms with van der Waals surface area (Å²) in [7, 11) is 0. The van der Waals surface area contributed by atoms with Crippen molar-refractivity contribution in [3.63, 3.8) is 0 Å². The third-order valence-electron chi connectivity index (χ3n) is 3.45. The van der Waals surface area contributed by atoms with Crippen molar-refractivity contribution in [2.45, 2.75) is 32.3 Å². The first kappa shape index (κ1) is 14.3. The van der Waals surface area contributed by atoms with Crippen LogP contribution in [0.1, 0.15) is 37.0 Å². The summed E-state index contributed by atoms with van der Waals surface area (Å²) in [5.74, 6) is 0. The predicted molar refractivity (Wildman–Crippen MR) is 83.3 cm³/mol. The molecule has 0 saturated carbocycles. The minimum atomic E-state index is -0.981. The summed E-state index contributed by atoms with van der Waals surface area (Å²) in [5, 5.41) is 10.8. The molecule has 0 bridgehead atoms. The second-order valence-corrected chi connectivity index (χ2v) is 5.85. The highest BCUT2D eigenvalue weighted by molar-refractivity contribution is 9.10. The summed E-state index contributed by atoms with van der Waals surface area (Å²) in [6, 6.07) is 16.0. The summed E-state index contributed by atoms with van der Waals surface area (Å²) < 4.78 is 0.928.